The fraction of sp³-hybridized carbons (Fsp3) is 0.571. The Labute approximate surface area is 249 Å². The fourth-order valence-electron chi connectivity index (χ4n) is 4.94. The van der Waals surface area contributed by atoms with Gasteiger partial charge in [-0.05, 0) is 59.6 Å². The number of carbonyl (C=O) groups is 1. The maximum Gasteiger partial charge on any atom is 0.459 e. The third kappa shape index (κ3) is 6.69. The van der Waals surface area contributed by atoms with Crippen molar-refractivity contribution in [1.29, 1.82) is 0 Å². The molecule has 1 aliphatic heterocycles. The van der Waals surface area contributed by atoms with Crippen LogP contribution in [-0.4, -0.2) is 85.4 Å². The molecule has 3 aromatic rings. The van der Waals surface area contributed by atoms with Crippen LogP contribution in [0.4, 0.5) is 5.82 Å². The summed E-state index contributed by atoms with van der Waals surface area (Å²) in [7, 11) is -2.27. The van der Waals surface area contributed by atoms with E-state index < -0.39 is 50.4 Å². The summed E-state index contributed by atoms with van der Waals surface area (Å²) in [5.74, 6) is 0.779. The van der Waals surface area contributed by atoms with E-state index in [2.05, 4.69) is 24.9 Å². The Morgan fingerprint density at radius 3 is 2.60 bits per heavy atom. The number of fused-ring (bicyclic) bond motifs is 1. The second-order valence-electron chi connectivity index (χ2n) is 11.5. The molecule has 0 amide bonds. The molecule has 2 aliphatic rings. The number of benzene rings is 1. The van der Waals surface area contributed by atoms with Crippen LogP contribution in [0.2, 0.25) is 0 Å². The summed E-state index contributed by atoms with van der Waals surface area (Å²) >= 11 is 0. The minimum Gasteiger partial charge on any atom is -0.462 e. The van der Waals surface area contributed by atoms with Crippen molar-refractivity contribution in [3.05, 3.63) is 42.5 Å². The van der Waals surface area contributed by atoms with Gasteiger partial charge in [-0.15, -0.1) is 0 Å². The molecule has 0 spiro atoms. The first-order valence-electron chi connectivity index (χ1n) is 14.3. The van der Waals surface area contributed by atoms with E-state index in [0.717, 1.165) is 12.8 Å². The third-order valence-corrected chi connectivity index (χ3v) is 9.03. The van der Waals surface area contributed by atoms with Gasteiger partial charge in [-0.25, -0.2) is 19.5 Å². The average molecular weight is 619 g/mol. The van der Waals surface area contributed by atoms with Crippen LogP contribution in [-0.2, 0) is 23.4 Å². The summed E-state index contributed by atoms with van der Waals surface area (Å²) in [6.07, 6.45) is -0.462. The summed E-state index contributed by atoms with van der Waals surface area (Å²) in [4.78, 5) is 28.2. The van der Waals surface area contributed by atoms with Gasteiger partial charge >= 0.3 is 13.7 Å². The van der Waals surface area contributed by atoms with Crippen LogP contribution in [0.25, 0.3) is 11.2 Å². The van der Waals surface area contributed by atoms with Crippen LogP contribution in [0.5, 0.6) is 5.75 Å². The van der Waals surface area contributed by atoms with E-state index in [9.17, 15) is 19.6 Å². The molecule has 3 N–H and O–H groups in total. The molecule has 1 saturated heterocycles. The molecule has 0 radical (unpaired) electrons. The summed E-state index contributed by atoms with van der Waals surface area (Å²) < 4.78 is 38.2. The van der Waals surface area contributed by atoms with E-state index in [1.165, 1.54) is 20.2 Å². The number of nitrogens with zero attached hydrogens (tertiary/aromatic N) is 5. The van der Waals surface area contributed by atoms with Gasteiger partial charge in [0.25, 0.3) is 0 Å². The lowest BCUT2D eigenvalue weighted by atomic mass is 9.96. The van der Waals surface area contributed by atoms with E-state index in [0.29, 0.717) is 28.8 Å². The van der Waals surface area contributed by atoms with Crippen LogP contribution in [0.1, 0.15) is 52.6 Å². The highest BCUT2D eigenvalue weighted by Crippen LogP contribution is 2.47. The van der Waals surface area contributed by atoms with Gasteiger partial charge in [0.2, 0.25) is 0 Å². The minimum atomic E-state index is -4.23. The summed E-state index contributed by atoms with van der Waals surface area (Å²) in [5.41, 5.74) is -0.832. The zero-order valence-electron chi connectivity index (χ0n) is 25.1. The second-order valence-corrected chi connectivity index (χ2v) is 13.2. The Kier molecular flexibility index (Phi) is 8.81. The van der Waals surface area contributed by atoms with Gasteiger partial charge in [0.05, 0.1) is 19.0 Å². The second kappa shape index (κ2) is 12.1. The van der Waals surface area contributed by atoms with Crippen molar-refractivity contribution in [2.45, 2.75) is 89.7 Å². The van der Waals surface area contributed by atoms with Crippen molar-refractivity contribution in [2.75, 3.05) is 18.6 Å². The van der Waals surface area contributed by atoms with E-state index in [4.69, 9.17) is 18.5 Å². The third-order valence-electron chi connectivity index (χ3n) is 7.39. The molecule has 1 aliphatic carbocycles. The van der Waals surface area contributed by atoms with Crippen molar-refractivity contribution in [2.24, 2.45) is 0 Å². The molecule has 43 heavy (non-hydrogen) atoms. The number of rotatable bonds is 12. The molecule has 2 aromatic heterocycles. The van der Waals surface area contributed by atoms with E-state index in [1.807, 2.05) is 7.05 Å². The number of nitrogens with one attached hydrogen (secondary N) is 1. The lowest BCUT2D eigenvalue weighted by Gasteiger charge is -2.27. The van der Waals surface area contributed by atoms with Crippen molar-refractivity contribution < 1.29 is 38.1 Å². The molecular formula is C28H39N6O8P. The number of aliphatic hydroxyl groups is 2. The van der Waals surface area contributed by atoms with Gasteiger partial charge in [-0.1, -0.05) is 18.2 Å². The van der Waals surface area contributed by atoms with Gasteiger partial charge in [0.1, 0.15) is 35.4 Å². The Balaban J connectivity index is 1.37. The number of anilines is 1. The number of aliphatic hydroxyl groups excluding tert-OH is 1. The smallest absolute Gasteiger partial charge is 0.459 e. The molecule has 2 fully saturated rings. The SMILES string of the molecule is Cc1nc(N(C)C2CC2)c2ncn([C@@H]3O[C@H](CO[P@](=O)(N[C@H](C)C(=O)OC(C)C)Oc4ccccc4)[C@@H](O)[C@@]3(C)O)c2n1. The Morgan fingerprint density at radius 1 is 1.26 bits per heavy atom. The molecule has 3 heterocycles. The number of para-hydroxylation sites is 1. The van der Waals surface area contributed by atoms with E-state index in [1.54, 1.807) is 55.7 Å². The molecule has 234 valence electrons. The molecule has 15 heteroatoms. The lowest BCUT2D eigenvalue weighted by Crippen LogP contribution is -2.44. The standard InChI is InChI=1S/C28H39N6O8P/c1-16(2)40-26(36)17(3)32-43(38,42-20-10-8-7-9-11-20)39-14-21-23(35)28(5,37)27(41-21)34-15-29-22-24(33(6)19-12-13-19)30-18(4)31-25(22)34/h7-11,15-17,19,21,23,27,35,37H,12-14H2,1-6H3,(H,32,38)/t17-,21-,23-,27-,28-,43-/m1/s1. The Bertz CT molecular complexity index is 1500. The number of imidazole rings is 1. The highest BCUT2D eigenvalue weighted by atomic mass is 31.2. The topological polar surface area (TPSA) is 170 Å². The molecule has 1 aromatic carbocycles. The number of carbonyl (C=O) groups excluding carboxylic acids is 1. The van der Waals surface area contributed by atoms with Gasteiger partial charge in [-0.2, -0.15) is 5.09 Å². The highest BCUT2D eigenvalue weighted by molar-refractivity contribution is 7.52. The molecule has 0 unspecified atom stereocenters. The zero-order chi connectivity index (χ0) is 31.1. The van der Waals surface area contributed by atoms with E-state index >= 15 is 0 Å². The largest absolute Gasteiger partial charge is 0.462 e. The Morgan fingerprint density at radius 2 is 1.95 bits per heavy atom. The van der Waals surface area contributed by atoms with Gasteiger partial charge < -0.3 is 29.1 Å². The number of ether oxygens (including phenoxy) is 2. The van der Waals surface area contributed by atoms with Gasteiger partial charge in [0.15, 0.2) is 23.2 Å². The minimum absolute atomic E-state index is 0.229. The van der Waals surface area contributed by atoms with Crippen molar-refractivity contribution in [1.82, 2.24) is 24.6 Å². The maximum absolute atomic E-state index is 13.9. The molecule has 1 saturated carbocycles. The van der Waals surface area contributed by atoms with E-state index in [-0.39, 0.29) is 11.9 Å². The molecule has 0 bridgehead atoms. The van der Waals surface area contributed by atoms with Crippen LogP contribution >= 0.6 is 7.75 Å². The zero-order valence-corrected chi connectivity index (χ0v) is 26.0. The molecular weight excluding hydrogens is 579 g/mol. The fourth-order valence-corrected chi connectivity index (χ4v) is 6.45. The van der Waals surface area contributed by atoms with Crippen LogP contribution in [0.15, 0.2) is 36.7 Å². The summed E-state index contributed by atoms with van der Waals surface area (Å²) in [6.45, 7) is 7.63. The first-order chi connectivity index (χ1) is 20.3. The predicted molar refractivity (Wildman–Crippen MR) is 156 cm³/mol. The number of hydrogen-bond acceptors (Lipinski definition) is 12. The van der Waals surface area contributed by atoms with Crippen LogP contribution < -0.4 is 14.5 Å². The first kappa shape index (κ1) is 31.3. The van der Waals surface area contributed by atoms with Gasteiger partial charge in [0, 0.05) is 13.1 Å². The highest BCUT2D eigenvalue weighted by Gasteiger charge is 2.54. The van der Waals surface area contributed by atoms with Crippen molar-refractivity contribution >= 4 is 30.7 Å². The summed E-state index contributed by atoms with van der Waals surface area (Å²) in [6, 6.07) is 7.64. The lowest BCUT2D eigenvalue weighted by molar-refractivity contribution is -0.149. The quantitative estimate of drug-likeness (QED) is 0.200. The van der Waals surface area contributed by atoms with Gasteiger partial charge in [-0.3, -0.25) is 13.9 Å². The summed E-state index contributed by atoms with van der Waals surface area (Å²) in [5, 5.41) is 25.2. The molecule has 14 nitrogen and oxygen atoms in total. The Hall–Kier alpha value is -3.13. The monoisotopic (exact) mass is 618 g/mol. The van der Waals surface area contributed by atoms with Crippen molar-refractivity contribution in [3.8, 4) is 5.75 Å². The number of aromatic nitrogens is 4. The normalized spacial score (nSPS) is 25.9. The predicted octanol–water partition coefficient (Wildman–Crippen LogP) is 2.88. The van der Waals surface area contributed by atoms with Crippen LogP contribution in [0, 0.1) is 6.92 Å². The number of hydrogen-bond donors (Lipinski definition) is 3. The average Bonchev–Trinajstić information content (AvgIpc) is 3.67. The molecule has 6 atom stereocenters. The van der Waals surface area contributed by atoms with Crippen LogP contribution in [0.3, 0.4) is 0 Å². The first-order valence-corrected chi connectivity index (χ1v) is 15.8. The number of aryl methyl sites for hydroxylation is 1. The molecule has 5 rings (SSSR count). The van der Waals surface area contributed by atoms with Crippen molar-refractivity contribution in [3.63, 3.8) is 0 Å². The number of esters is 1. The maximum atomic E-state index is 13.9.